The number of hydrogen-bond donors (Lipinski definition) is 2. The summed E-state index contributed by atoms with van der Waals surface area (Å²) < 4.78 is 5.95. The highest BCUT2D eigenvalue weighted by atomic mass is 79.9. The lowest BCUT2D eigenvalue weighted by atomic mass is 10.1. The van der Waals surface area contributed by atoms with Crippen molar-refractivity contribution in [2.45, 2.75) is 6.42 Å². The number of amides is 4. The molecule has 1 aliphatic heterocycles. The molecule has 0 aliphatic carbocycles. The van der Waals surface area contributed by atoms with Crippen molar-refractivity contribution in [2.24, 2.45) is 0 Å². The van der Waals surface area contributed by atoms with Crippen LogP contribution in [0.2, 0.25) is 0 Å². The summed E-state index contributed by atoms with van der Waals surface area (Å²) >= 11 is 3.31. The molecule has 2 aromatic carbocycles. The third-order valence-electron chi connectivity index (χ3n) is 4.17. The van der Waals surface area contributed by atoms with E-state index in [0.29, 0.717) is 16.8 Å². The maximum atomic E-state index is 12.2. The molecule has 0 aromatic heterocycles. The molecule has 3 rings (SSSR count). The zero-order valence-electron chi connectivity index (χ0n) is 15.3. The molecule has 0 saturated heterocycles. The smallest absolute Gasteiger partial charge is 0.319 e. The second kappa shape index (κ2) is 9.33. The summed E-state index contributed by atoms with van der Waals surface area (Å²) in [5, 5.41) is 5.19. The predicted molar refractivity (Wildman–Crippen MR) is 109 cm³/mol. The van der Waals surface area contributed by atoms with Gasteiger partial charge in [-0.15, -0.1) is 0 Å². The summed E-state index contributed by atoms with van der Waals surface area (Å²) in [6, 6.07) is 13.2. The van der Waals surface area contributed by atoms with E-state index in [1.165, 1.54) is 0 Å². The number of rotatable bonds is 7. The first-order valence-corrected chi connectivity index (χ1v) is 9.66. The standard InChI is InChI=1S/C20H18BrN3O5/c21-13-5-7-14(8-6-13)23-20(28)22-10-9-17(25)29-12-11-24-18(26)15-3-1-2-4-16(15)19(24)27/h1-8H,9-12H2,(H2,22,23,28). The molecule has 4 amide bonds. The molecule has 0 spiro atoms. The van der Waals surface area contributed by atoms with Crippen LogP contribution in [0.1, 0.15) is 27.1 Å². The number of ether oxygens (including phenoxy) is 1. The van der Waals surface area contributed by atoms with Gasteiger partial charge in [0.25, 0.3) is 11.8 Å². The minimum absolute atomic E-state index is 0.0183. The number of imide groups is 1. The number of fused-ring (bicyclic) bond motifs is 1. The fourth-order valence-corrected chi connectivity index (χ4v) is 3.02. The summed E-state index contributed by atoms with van der Waals surface area (Å²) in [5.74, 6) is -1.33. The van der Waals surface area contributed by atoms with Crippen molar-refractivity contribution < 1.29 is 23.9 Å². The molecule has 2 aromatic rings. The van der Waals surface area contributed by atoms with Gasteiger partial charge in [0, 0.05) is 16.7 Å². The van der Waals surface area contributed by atoms with E-state index in [1.807, 2.05) is 0 Å². The van der Waals surface area contributed by atoms with Gasteiger partial charge < -0.3 is 15.4 Å². The van der Waals surface area contributed by atoms with Gasteiger partial charge in [-0.2, -0.15) is 0 Å². The Hall–Kier alpha value is -3.20. The number of carbonyl (C=O) groups excluding carboxylic acids is 4. The molecular formula is C20H18BrN3O5. The van der Waals surface area contributed by atoms with Crippen LogP contribution in [0.25, 0.3) is 0 Å². The fraction of sp³-hybridized carbons (Fsp3) is 0.200. The van der Waals surface area contributed by atoms with Crippen LogP contribution in [0.5, 0.6) is 0 Å². The van der Waals surface area contributed by atoms with E-state index in [1.54, 1.807) is 48.5 Å². The topological polar surface area (TPSA) is 105 Å². The Morgan fingerprint density at radius 1 is 0.966 bits per heavy atom. The average Bonchev–Trinajstić information content (AvgIpc) is 2.95. The lowest BCUT2D eigenvalue weighted by Crippen LogP contribution is -2.34. The number of hydrogen-bond acceptors (Lipinski definition) is 5. The zero-order chi connectivity index (χ0) is 20.8. The maximum absolute atomic E-state index is 12.2. The summed E-state index contributed by atoms with van der Waals surface area (Å²) in [7, 11) is 0. The van der Waals surface area contributed by atoms with Crippen LogP contribution < -0.4 is 10.6 Å². The Balaban J connectivity index is 1.34. The van der Waals surface area contributed by atoms with E-state index in [2.05, 4.69) is 26.6 Å². The largest absolute Gasteiger partial charge is 0.464 e. The molecule has 0 fully saturated rings. The van der Waals surface area contributed by atoms with Gasteiger partial charge >= 0.3 is 12.0 Å². The van der Waals surface area contributed by atoms with Crippen LogP contribution in [0.4, 0.5) is 10.5 Å². The molecular weight excluding hydrogens is 442 g/mol. The number of esters is 1. The SMILES string of the molecule is O=C(NCCC(=O)OCCN1C(=O)c2ccccc2C1=O)Nc1ccc(Br)cc1. The lowest BCUT2D eigenvalue weighted by molar-refractivity contribution is -0.143. The number of nitrogens with one attached hydrogen (secondary N) is 2. The summed E-state index contributed by atoms with van der Waals surface area (Å²) in [4.78, 5) is 49.0. The van der Waals surface area contributed by atoms with Gasteiger partial charge in [0.05, 0.1) is 24.1 Å². The van der Waals surface area contributed by atoms with Gasteiger partial charge in [-0.05, 0) is 36.4 Å². The van der Waals surface area contributed by atoms with E-state index in [0.717, 1.165) is 9.37 Å². The Kier molecular flexibility index (Phi) is 6.61. The Bertz CT molecular complexity index is 910. The van der Waals surface area contributed by atoms with Crippen LogP contribution in [0.3, 0.4) is 0 Å². The molecule has 0 bridgehead atoms. The Morgan fingerprint density at radius 2 is 1.59 bits per heavy atom. The van der Waals surface area contributed by atoms with Crippen LogP contribution in [0, 0.1) is 0 Å². The summed E-state index contributed by atoms with van der Waals surface area (Å²) in [6.07, 6.45) is -0.0319. The van der Waals surface area contributed by atoms with Crippen LogP contribution in [-0.2, 0) is 9.53 Å². The highest BCUT2D eigenvalue weighted by Gasteiger charge is 2.34. The van der Waals surface area contributed by atoms with Gasteiger partial charge in [0.15, 0.2) is 0 Å². The number of carbonyl (C=O) groups is 4. The highest BCUT2D eigenvalue weighted by molar-refractivity contribution is 9.10. The summed E-state index contributed by atoms with van der Waals surface area (Å²) in [6.45, 7) is -0.0286. The second-order valence-corrected chi connectivity index (χ2v) is 7.08. The van der Waals surface area contributed by atoms with E-state index in [4.69, 9.17) is 4.74 Å². The highest BCUT2D eigenvalue weighted by Crippen LogP contribution is 2.21. The van der Waals surface area contributed by atoms with E-state index in [-0.39, 0.29) is 26.1 Å². The van der Waals surface area contributed by atoms with Gasteiger partial charge in [0.2, 0.25) is 0 Å². The molecule has 2 N–H and O–H groups in total. The first kappa shape index (κ1) is 20.5. The predicted octanol–water partition coefficient (Wildman–Crippen LogP) is 2.80. The van der Waals surface area contributed by atoms with Crippen molar-refractivity contribution in [1.29, 1.82) is 0 Å². The molecule has 1 aliphatic rings. The molecule has 0 atom stereocenters. The van der Waals surface area contributed by atoms with Crippen LogP contribution in [0.15, 0.2) is 53.0 Å². The minimum atomic E-state index is -0.537. The molecule has 29 heavy (non-hydrogen) atoms. The molecule has 0 unspecified atom stereocenters. The van der Waals surface area contributed by atoms with Crippen molar-refractivity contribution in [3.63, 3.8) is 0 Å². The van der Waals surface area contributed by atoms with Crippen molar-refractivity contribution in [2.75, 3.05) is 25.0 Å². The number of nitrogens with zero attached hydrogens (tertiary/aromatic N) is 1. The van der Waals surface area contributed by atoms with Crippen LogP contribution >= 0.6 is 15.9 Å². The lowest BCUT2D eigenvalue weighted by Gasteiger charge is -2.14. The molecule has 0 saturated carbocycles. The number of benzene rings is 2. The Labute approximate surface area is 175 Å². The van der Waals surface area contributed by atoms with Crippen molar-refractivity contribution in [1.82, 2.24) is 10.2 Å². The average molecular weight is 460 g/mol. The van der Waals surface area contributed by atoms with Crippen molar-refractivity contribution in [3.8, 4) is 0 Å². The third-order valence-corrected chi connectivity index (χ3v) is 4.70. The fourth-order valence-electron chi connectivity index (χ4n) is 2.75. The summed E-state index contributed by atoms with van der Waals surface area (Å²) in [5.41, 5.74) is 1.32. The monoisotopic (exact) mass is 459 g/mol. The van der Waals surface area contributed by atoms with Gasteiger partial charge in [-0.3, -0.25) is 19.3 Å². The second-order valence-electron chi connectivity index (χ2n) is 6.17. The number of urea groups is 1. The Morgan fingerprint density at radius 3 is 2.21 bits per heavy atom. The van der Waals surface area contributed by atoms with Crippen molar-refractivity contribution >= 4 is 45.4 Å². The van der Waals surface area contributed by atoms with E-state index < -0.39 is 23.8 Å². The molecule has 1 heterocycles. The van der Waals surface area contributed by atoms with Crippen LogP contribution in [-0.4, -0.2) is 48.4 Å². The van der Waals surface area contributed by atoms with E-state index in [9.17, 15) is 19.2 Å². The molecule has 0 radical (unpaired) electrons. The normalized spacial score (nSPS) is 12.5. The molecule has 150 valence electrons. The minimum Gasteiger partial charge on any atom is -0.464 e. The number of anilines is 1. The molecule has 9 heteroatoms. The first-order chi connectivity index (χ1) is 14.0. The van der Waals surface area contributed by atoms with Crippen molar-refractivity contribution in [3.05, 3.63) is 64.1 Å². The maximum Gasteiger partial charge on any atom is 0.319 e. The molecule has 8 nitrogen and oxygen atoms in total. The van der Waals surface area contributed by atoms with E-state index >= 15 is 0 Å². The van der Waals surface area contributed by atoms with Gasteiger partial charge in [-0.25, -0.2) is 4.79 Å². The zero-order valence-corrected chi connectivity index (χ0v) is 16.9. The third kappa shape index (κ3) is 5.20. The quantitative estimate of drug-likeness (QED) is 0.489. The van der Waals surface area contributed by atoms with Gasteiger partial charge in [0.1, 0.15) is 6.61 Å². The first-order valence-electron chi connectivity index (χ1n) is 8.87. The number of halogens is 1. The van der Waals surface area contributed by atoms with Gasteiger partial charge in [-0.1, -0.05) is 28.1 Å².